The molecule has 1 aliphatic rings. The Bertz CT molecular complexity index is 113. The maximum absolute atomic E-state index is 2.29. The van der Waals surface area contributed by atoms with E-state index in [1.54, 1.807) is 5.20 Å². The molecule has 0 aromatic carbocycles. The summed E-state index contributed by atoms with van der Waals surface area (Å²) in [5.74, 6) is 0. The second kappa shape index (κ2) is 2.28. The van der Waals surface area contributed by atoms with Crippen LogP contribution in [0.15, 0.2) is 23.4 Å². The van der Waals surface area contributed by atoms with Gasteiger partial charge >= 0.3 is 0 Å². The molecule has 0 nitrogen and oxygen atoms in total. The SMILES string of the molecule is [SiH3][SiH2]C1=CC=CC1. The topological polar surface area (TPSA) is 0 Å². The Morgan fingerprint density at radius 3 is 2.86 bits per heavy atom. The van der Waals surface area contributed by atoms with Gasteiger partial charge in [0.1, 0.15) is 0 Å². The van der Waals surface area contributed by atoms with Crippen LogP contribution in [-0.2, 0) is 0 Å². The summed E-state index contributed by atoms with van der Waals surface area (Å²) in [6.07, 6.45) is 8.01. The molecule has 0 N–H and O–H groups in total. The van der Waals surface area contributed by atoms with Crippen molar-refractivity contribution in [2.24, 2.45) is 0 Å². The summed E-state index contributed by atoms with van der Waals surface area (Å²) in [6.45, 7) is 0. The average molecular weight is 126 g/mol. The molecule has 7 heavy (non-hydrogen) atoms. The molecule has 2 heteroatoms. The molecule has 0 aromatic heterocycles. The van der Waals surface area contributed by atoms with Gasteiger partial charge in [0.05, 0.1) is 0 Å². The van der Waals surface area contributed by atoms with Gasteiger partial charge < -0.3 is 0 Å². The third-order valence-electron chi connectivity index (χ3n) is 1.30. The molecule has 0 unspecified atom stereocenters. The summed E-state index contributed by atoms with van der Waals surface area (Å²) in [5, 5.41) is 1.76. The van der Waals surface area contributed by atoms with Crippen molar-refractivity contribution in [3.05, 3.63) is 23.4 Å². The zero-order valence-corrected chi connectivity index (χ0v) is 8.06. The smallest absolute Gasteiger partial charge is 0.0337 e. The summed E-state index contributed by atoms with van der Waals surface area (Å²) in [4.78, 5) is 0. The fourth-order valence-electron chi connectivity index (χ4n) is 0.754. The van der Waals surface area contributed by atoms with Gasteiger partial charge in [0, 0.05) is 9.04 Å². The zero-order valence-electron chi connectivity index (χ0n) is 4.65. The first-order valence-corrected chi connectivity index (χ1v) is 9.14. The van der Waals surface area contributed by atoms with Crippen LogP contribution in [0.2, 0.25) is 0 Å². The van der Waals surface area contributed by atoms with E-state index in [4.69, 9.17) is 0 Å². The summed E-state index contributed by atoms with van der Waals surface area (Å²) < 4.78 is 0. The van der Waals surface area contributed by atoms with Crippen LogP contribution < -0.4 is 0 Å². The largest absolute Gasteiger partial charge is 0.0878 e. The second-order valence-corrected chi connectivity index (χ2v) is 5.55. The lowest BCUT2D eigenvalue weighted by Gasteiger charge is -1.87. The van der Waals surface area contributed by atoms with Gasteiger partial charge in [0.2, 0.25) is 0 Å². The highest BCUT2D eigenvalue weighted by Crippen LogP contribution is 2.05. The predicted molar refractivity (Wildman–Crippen MR) is 40.3 cm³/mol. The van der Waals surface area contributed by atoms with E-state index >= 15 is 0 Å². The number of hydrogen-bond donors (Lipinski definition) is 0. The van der Waals surface area contributed by atoms with Crippen molar-refractivity contribution in [2.45, 2.75) is 6.42 Å². The number of rotatable bonds is 1. The Balaban J connectivity index is 2.45. The monoisotopic (exact) mass is 126 g/mol. The molecule has 0 aromatic rings. The molecule has 0 radical (unpaired) electrons. The van der Waals surface area contributed by atoms with Gasteiger partial charge in [-0.25, -0.2) is 0 Å². The first kappa shape index (κ1) is 5.06. The molecule has 0 heterocycles. The van der Waals surface area contributed by atoms with E-state index in [2.05, 4.69) is 18.2 Å². The Kier molecular flexibility index (Phi) is 1.65. The van der Waals surface area contributed by atoms with Crippen molar-refractivity contribution in [3.8, 4) is 0 Å². The highest BCUT2D eigenvalue weighted by Gasteiger charge is 1.92. The Hall–Kier alpha value is -0.0862. The minimum absolute atomic E-state index is 0.328. The highest BCUT2D eigenvalue weighted by atomic mass is 29.1. The zero-order chi connectivity index (χ0) is 5.11. The van der Waals surface area contributed by atoms with Gasteiger partial charge in [0.15, 0.2) is 0 Å². The van der Waals surface area contributed by atoms with Crippen molar-refractivity contribution < 1.29 is 0 Å². The molecule has 38 valence electrons. The average Bonchev–Trinajstić information content (AvgIpc) is 2.14. The molecular formula is C5H10Si2. The first-order chi connectivity index (χ1) is 3.43. The Morgan fingerprint density at radius 1 is 1.71 bits per heavy atom. The molecule has 0 saturated heterocycles. The van der Waals surface area contributed by atoms with E-state index in [-0.39, 0.29) is 0 Å². The van der Waals surface area contributed by atoms with Crippen molar-refractivity contribution in [1.29, 1.82) is 0 Å². The van der Waals surface area contributed by atoms with Crippen LogP contribution in [0, 0.1) is 0 Å². The standard InChI is InChI=1S/C5H10Si2/c6-7-5-3-1-2-4-5/h1-3H,4,7H2,6H3. The number of hydrogen-bond acceptors (Lipinski definition) is 0. The second-order valence-electron chi connectivity index (χ2n) is 1.81. The van der Waals surface area contributed by atoms with Crippen molar-refractivity contribution in [3.63, 3.8) is 0 Å². The summed E-state index contributed by atoms with van der Waals surface area (Å²) >= 11 is 0. The maximum atomic E-state index is 2.29. The van der Waals surface area contributed by atoms with Gasteiger partial charge in [-0.2, -0.15) is 0 Å². The summed E-state index contributed by atoms with van der Waals surface area (Å²) in [5.41, 5.74) is 0. The Morgan fingerprint density at radius 2 is 2.57 bits per heavy atom. The van der Waals surface area contributed by atoms with Crippen LogP contribution in [0.1, 0.15) is 6.42 Å². The molecule has 0 aliphatic heterocycles. The molecule has 1 rings (SSSR count). The molecule has 0 spiro atoms. The van der Waals surface area contributed by atoms with E-state index in [1.807, 2.05) is 0 Å². The van der Waals surface area contributed by atoms with Crippen molar-refractivity contribution in [1.82, 2.24) is 0 Å². The Labute approximate surface area is 49.3 Å². The molecule has 0 amide bonds. The molecule has 0 bridgehead atoms. The lowest BCUT2D eigenvalue weighted by atomic mass is 10.5. The van der Waals surface area contributed by atoms with Crippen LogP contribution in [0.3, 0.4) is 0 Å². The van der Waals surface area contributed by atoms with Crippen LogP contribution in [0.4, 0.5) is 0 Å². The lowest BCUT2D eigenvalue weighted by Crippen LogP contribution is -1.90. The normalized spacial score (nSPS) is 19.7. The van der Waals surface area contributed by atoms with E-state index in [0.717, 1.165) is 0 Å². The molecule has 0 fully saturated rings. The minimum atomic E-state index is 0.328. The molecule has 1 aliphatic carbocycles. The van der Waals surface area contributed by atoms with Gasteiger partial charge in [-0.1, -0.05) is 23.4 Å². The van der Waals surface area contributed by atoms with Crippen LogP contribution in [0.25, 0.3) is 0 Å². The van der Waals surface area contributed by atoms with E-state index in [0.29, 0.717) is 9.04 Å². The maximum Gasteiger partial charge on any atom is 0.0337 e. The third-order valence-corrected chi connectivity index (χ3v) is 5.46. The van der Waals surface area contributed by atoms with E-state index < -0.39 is 0 Å². The van der Waals surface area contributed by atoms with Crippen LogP contribution >= 0.6 is 0 Å². The first-order valence-electron chi connectivity index (χ1n) is 2.78. The fourth-order valence-corrected chi connectivity index (χ4v) is 3.15. The predicted octanol–water partition coefficient (Wildman–Crippen LogP) is -0.721. The fraction of sp³-hybridized carbons (Fsp3) is 0.200. The van der Waals surface area contributed by atoms with E-state index in [9.17, 15) is 0 Å². The lowest BCUT2D eigenvalue weighted by molar-refractivity contribution is 1.40. The molecule has 0 saturated carbocycles. The molecular weight excluding hydrogens is 116 g/mol. The van der Waals surface area contributed by atoms with Gasteiger partial charge in [-0.05, 0) is 16.2 Å². The summed E-state index contributed by atoms with van der Waals surface area (Å²) in [6, 6.07) is 0. The van der Waals surface area contributed by atoms with Crippen molar-refractivity contribution in [2.75, 3.05) is 0 Å². The minimum Gasteiger partial charge on any atom is -0.0878 e. The van der Waals surface area contributed by atoms with Crippen LogP contribution in [-0.4, -0.2) is 18.8 Å². The highest BCUT2D eigenvalue weighted by molar-refractivity contribution is 6.93. The van der Waals surface area contributed by atoms with Crippen LogP contribution in [0.5, 0.6) is 0 Å². The van der Waals surface area contributed by atoms with Gasteiger partial charge in [-0.3, -0.25) is 0 Å². The third kappa shape index (κ3) is 1.14. The molecule has 0 atom stereocenters. The van der Waals surface area contributed by atoms with E-state index in [1.165, 1.54) is 16.2 Å². The van der Waals surface area contributed by atoms with Gasteiger partial charge in [0.25, 0.3) is 0 Å². The summed E-state index contributed by atoms with van der Waals surface area (Å²) in [7, 11) is 1.79. The quantitative estimate of drug-likeness (QED) is 0.407. The number of allylic oxidation sites excluding steroid dienone is 4. The van der Waals surface area contributed by atoms with Gasteiger partial charge in [-0.15, -0.1) is 0 Å². The van der Waals surface area contributed by atoms with Crippen molar-refractivity contribution >= 4 is 18.8 Å².